The Balaban J connectivity index is 3.38. The van der Waals surface area contributed by atoms with Crippen molar-refractivity contribution in [3.63, 3.8) is 0 Å². The molecule has 0 spiro atoms. The molecule has 0 unspecified atom stereocenters. The highest BCUT2D eigenvalue weighted by Crippen LogP contribution is 2.38. The smallest absolute Gasteiger partial charge is 0.205 e. The van der Waals surface area contributed by atoms with Crippen LogP contribution in [0.4, 0.5) is 13.2 Å². The average molecular weight is 251 g/mol. The monoisotopic (exact) mass is 250 g/mol. The first-order valence-electron chi connectivity index (χ1n) is 2.78. The number of aromatic nitrogens is 2. The quantitative estimate of drug-likeness (QED) is 0.521. The minimum absolute atomic E-state index is 0.428. The van der Waals surface area contributed by atoms with Gasteiger partial charge in [0, 0.05) is 0 Å². The molecule has 1 heterocycles. The standard InChI is InChI=1S/C5Cl3F3N2/c6-2-1(5(9,10)11)3(7)13-4(8)12-2. The summed E-state index contributed by atoms with van der Waals surface area (Å²) in [6, 6.07) is 0. The van der Waals surface area contributed by atoms with Gasteiger partial charge < -0.3 is 0 Å². The van der Waals surface area contributed by atoms with Gasteiger partial charge in [-0.05, 0) is 11.6 Å². The van der Waals surface area contributed by atoms with Crippen molar-refractivity contribution in [2.24, 2.45) is 0 Å². The molecule has 0 saturated carbocycles. The van der Waals surface area contributed by atoms with Crippen LogP contribution in [0, 0.1) is 0 Å². The van der Waals surface area contributed by atoms with Gasteiger partial charge >= 0.3 is 6.18 Å². The first kappa shape index (κ1) is 10.8. The topological polar surface area (TPSA) is 25.8 Å². The van der Waals surface area contributed by atoms with Gasteiger partial charge in [0.1, 0.15) is 15.9 Å². The maximum Gasteiger partial charge on any atom is 0.422 e. The highest BCUT2D eigenvalue weighted by Gasteiger charge is 2.37. The van der Waals surface area contributed by atoms with Crippen molar-refractivity contribution in [1.29, 1.82) is 0 Å². The zero-order valence-electron chi connectivity index (χ0n) is 5.66. The lowest BCUT2D eigenvalue weighted by molar-refractivity contribution is -0.137. The molecule has 0 bridgehead atoms. The fourth-order valence-electron chi connectivity index (χ4n) is 0.618. The summed E-state index contributed by atoms with van der Waals surface area (Å²) in [6.45, 7) is 0. The molecule has 72 valence electrons. The van der Waals surface area contributed by atoms with Gasteiger partial charge in [-0.3, -0.25) is 0 Å². The lowest BCUT2D eigenvalue weighted by atomic mass is 10.3. The molecular formula is C5Cl3F3N2. The molecule has 8 heteroatoms. The molecule has 0 aliphatic heterocycles. The summed E-state index contributed by atoms with van der Waals surface area (Å²) < 4.78 is 36.4. The Bertz CT molecular complexity index is 315. The van der Waals surface area contributed by atoms with Crippen molar-refractivity contribution in [1.82, 2.24) is 9.97 Å². The molecule has 13 heavy (non-hydrogen) atoms. The molecular weight excluding hydrogens is 251 g/mol. The van der Waals surface area contributed by atoms with Crippen molar-refractivity contribution in [2.45, 2.75) is 6.18 Å². The molecule has 2 nitrogen and oxygen atoms in total. The van der Waals surface area contributed by atoms with Gasteiger partial charge in [-0.1, -0.05) is 23.2 Å². The van der Waals surface area contributed by atoms with Crippen LogP contribution in [0.1, 0.15) is 5.56 Å². The zero-order valence-corrected chi connectivity index (χ0v) is 7.93. The van der Waals surface area contributed by atoms with E-state index in [1.807, 2.05) is 0 Å². The molecule has 0 N–H and O–H groups in total. The van der Waals surface area contributed by atoms with Crippen LogP contribution in [0.3, 0.4) is 0 Å². The molecule has 0 aliphatic carbocycles. The van der Waals surface area contributed by atoms with E-state index in [1.54, 1.807) is 0 Å². The summed E-state index contributed by atoms with van der Waals surface area (Å²) in [4.78, 5) is 6.23. The highest BCUT2D eigenvalue weighted by molar-refractivity contribution is 6.36. The van der Waals surface area contributed by atoms with Crippen molar-refractivity contribution >= 4 is 34.8 Å². The third-order valence-electron chi connectivity index (χ3n) is 1.08. The van der Waals surface area contributed by atoms with E-state index in [9.17, 15) is 13.2 Å². The van der Waals surface area contributed by atoms with Crippen LogP contribution in [-0.2, 0) is 6.18 Å². The zero-order chi connectivity index (χ0) is 10.2. The van der Waals surface area contributed by atoms with Crippen LogP contribution in [0.5, 0.6) is 0 Å². The van der Waals surface area contributed by atoms with E-state index in [1.165, 1.54) is 0 Å². The van der Waals surface area contributed by atoms with Gasteiger partial charge in [0.2, 0.25) is 5.28 Å². The summed E-state index contributed by atoms with van der Waals surface area (Å²) in [5.41, 5.74) is -1.28. The number of hydrogen-bond acceptors (Lipinski definition) is 2. The first-order chi connectivity index (χ1) is 5.82. The van der Waals surface area contributed by atoms with Crippen LogP contribution in [0.25, 0.3) is 0 Å². The van der Waals surface area contributed by atoms with Gasteiger partial charge in [-0.2, -0.15) is 13.2 Å². The lowest BCUT2D eigenvalue weighted by Crippen LogP contribution is -2.09. The summed E-state index contributed by atoms with van der Waals surface area (Å²) in [6.07, 6.45) is -4.68. The number of hydrogen-bond donors (Lipinski definition) is 0. The molecule has 0 aromatic carbocycles. The minimum atomic E-state index is -4.68. The van der Waals surface area contributed by atoms with Crippen LogP contribution < -0.4 is 0 Å². The predicted octanol–water partition coefficient (Wildman–Crippen LogP) is 3.46. The van der Waals surface area contributed by atoms with E-state index >= 15 is 0 Å². The molecule has 0 atom stereocenters. The highest BCUT2D eigenvalue weighted by atomic mass is 35.5. The summed E-state index contributed by atoms with van der Waals surface area (Å²) in [7, 11) is 0. The lowest BCUT2D eigenvalue weighted by Gasteiger charge is -2.08. The number of rotatable bonds is 0. The third-order valence-corrected chi connectivity index (χ3v) is 1.79. The van der Waals surface area contributed by atoms with Gasteiger partial charge in [-0.25, -0.2) is 9.97 Å². The molecule has 0 saturated heterocycles. The number of alkyl halides is 3. The largest absolute Gasteiger partial charge is 0.422 e. The Morgan fingerprint density at radius 2 is 1.31 bits per heavy atom. The summed E-state index contributed by atoms with van der Waals surface area (Å²) >= 11 is 15.6. The van der Waals surface area contributed by atoms with Gasteiger partial charge in [0.25, 0.3) is 0 Å². The number of halogens is 6. The maximum atomic E-state index is 12.1. The first-order valence-corrected chi connectivity index (χ1v) is 3.91. The van der Waals surface area contributed by atoms with E-state index in [4.69, 9.17) is 34.8 Å². The molecule has 0 radical (unpaired) electrons. The second kappa shape index (κ2) is 3.48. The van der Waals surface area contributed by atoms with Crippen molar-refractivity contribution in [3.8, 4) is 0 Å². The van der Waals surface area contributed by atoms with E-state index < -0.39 is 27.3 Å². The van der Waals surface area contributed by atoms with Crippen molar-refractivity contribution < 1.29 is 13.2 Å². The van der Waals surface area contributed by atoms with Crippen LogP contribution in [-0.4, -0.2) is 9.97 Å². The van der Waals surface area contributed by atoms with E-state index in [0.29, 0.717) is 0 Å². The third kappa shape index (κ3) is 2.36. The molecule has 1 aromatic rings. The summed E-state index contributed by atoms with van der Waals surface area (Å²) in [5, 5.41) is -2.04. The van der Waals surface area contributed by atoms with Crippen LogP contribution in [0.2, 0.25) is 15.6 Å². The Morgan fingerprint density at radius 1 is 0.923 bits per heavy atom. The van der Waals surface area contributed by atoms with Crippen LogP contribution >= 0.6 is 34.8 Å². The van der Waals surface area contributed by atoms with Gasteiger partial charge in [0.05, 0.1) is 0 Å². The molecule has 0 amide bonds. The molecule has 0 aliphatic rings. The fraction of sp³-hybridized carbons (Fsp3) is 0.200. The second-order valence-electron chi connectivity index (χ2n) is 1.95. The minimum Gasteiger partial charge on any atom is -0.205 e. The Hall–Kier alpha value is -0.260. The second-order valence-corrected chi connectivity index (χ2v) is 3.00. The fourth-order valence-corrected chi connectivity index (χ4v) is 1.48. The normalized spacial score (nSPS) is 11.8. The Labute approximate surface area is 85.6 Å². The Kier molecular flexibility index (Phi) is 2.89. The maximum absolute atomic E-state index is 12.1. The average Bonchev–Trinajstić information content (AvgIpc) is 1.78. The predicted molar refractivity (Wildman–Crippen MR) is 42.1 cm³/mol. The van der Waals surface area contributed by atoms with Gasteiger partial charge in [-0.15, -0.1) is 0 Å². The van der Waals surface area contributed by atoms with E-state index in [2.05, 4.69) is 9.97 Å². The summed E-state index contributed by atoms with van der Waals surface area (Å²) in [5.74, 6) is 0. The van der Waals surface area contributed by atoms with Crippen molar-refractivity contribution in [3.05, 3.63) is 21.2 Å². The van der Waals surface area contributed by atoms with E-state index in [-0.39, 0.29) is 0 Å². The van der Waals surface area contributed by atoms with Crippen LogP contribution in [0.15, 0.2) is 0 Å². The SMILES string of the molecule is FC(F)(F)c1c(Cl)nc(Cl)nc1Cl. The van der Waals surface area contributed by atoms with Crippen molar-refractivity contribution in [2.75, 3.05) is 0 Å². The molecule has 1 aromatic heterocycles. The Morgan fingerprint density at radius 3 is 1.62 bits per heavy atom. The number of nitrogens with zero attached hydrogens (tertiary/aromatic N) is 2. The molecule has 0 fully saturated rings. The molecule has 1 rings (SSSR count). The van der Waals surface area contributed by atoms with E-state index in [0.717, 1.165) is 0 Å². The van der Waals surface area contributed by atoms with Gasteiger partial charge in [0.15, 0.2) is 0 Å².